The van der Waals surface area contributed by atoms with E-state index >= 15 is 0 Å². The van der Waals surface area contributed by atoms with Crippen molar-refractivity contribution >= 4 is 22.7 Å². The van der Waals surface area contributed by atoms with E-state index in [1.54, 1.807) is 11.3 Å². The van der Waals surface area contributed by atoms with Crippen molar-refractivity contribution in [2.45, 2.75) is 13.0 Å². The standard InChI is InChI=1S/C13H17N3S/c1-10(11-5-7-17-9-11)15-12-8-14-6-4-13(12)16(2)3/h4-10,15H,1-3H3. The van der Waals surface area contributed by atoms with E-state index < -0.39 is 0 Å². The van der Waals surface area contributed by atoms with Crippen LogP contribution in [0.4, 0.5) is 11.4 Å². The average molecular weight is 247 g/mol. The Labute approximate surface area is 106 Å². The van der Waals surface area contributed by atoms with Crippen LogP contribution in [0.5, 0.6) is 0 Å². The zero-order valence-electron chi connectivity index (χ0n) is 10.3. The zero-order valence-corrected chi connectivity index (χ0v) is 11.2. The summed E-state index contributed by atoms with van der Waals surface area (Å²) in [6, 6.07) is 4.46. The first-order chi connectivity index (χ1) is 8.18. The molecule has 0 saturated carbocycles. The lowest BCUT2D eigenvalue weighted by atomic mass is 10.1. The van der Waals surface area contributed by atoms with Gasteiger partial charge in [-0.1, -0.05) is 0 Å². The number of nitrogens with zero attached hydrogens (tertiary/aromatic N) is 2. The third-order valence-electron chi connectivity index (χ3n) is 2.70. The molecule has 3 nitrogen and oxygen atoms in total. The fraction of sp³-hybridized carbons (Fsp3) is 0.308. The Balaban J connectivity index is 2.18. The Morgan fingerprint density at radius 1 is 1.35 bits per heavy atom. The molecule has 0 aliphatic rings. The molecular formula is C13H17N3S. The van der Waals surface area contributed by atoms with Crippen LogP contribution in [0.15, 0.2) is 35.3 Å². The van der Waals surface area contributed by atoms with Crippen molar-refractivity contribution in [3.05, 3.63) is 40.8 Å². The molecule has 1 unspecified atom stereocenters. The molecule has 4 heteroatoms. The van der Waals surface area contributed by atoms with Gasteiger partial charge in [-0.25, -0.2) is 0 Å². The largest absolute Gasteiger partial charge is 0.376 e. The Hall–Kier alpha value is -1.55. The number of hydrogen-bond donors (Lipinski definition) is 1. The van der Waals surface area contributed by atoms with E-state index in [0.29, 0.717) is 6.04 Å². The van der Waals surface area contributed by atoms with E-state index in [1.807, 2.05) is 32.6 Å². The minimum absolute atomic E-state index is 0.296. The molecule has 0 saturated heterocycles. The highest BCUT2D eigenvalue weighted by Crippen LogP contribution is 2.27. The van der Waals surface area contributed by atoms with Gasteiger partial charge in [-0.3, -0.25) is 4.98 Å². The summed E-state index contributed by atoms with van der Waals surface area (Å²) < 4.78 is 0. The molecule has 90 valence electrons. The van der Waals surface area contributed by atoms with E-state index in [4.69, 9.17) is 0 Å². The van der Waals surface area contributed by atoms with Gasteiger partial charge in [-0.05, 0) is 35.4 Å². The smallest absolute Gasteiger partial charge is 0.0768 e. The molecule has 0 amide bonds. The van der Waals surface area contributed by atoms with E-state index in [9.17, 15) is 0 Å². The topological polar surface area (TPSA) is 28.2 Å². The maximum absolute atomic E-state index is 4.18. The van der Waals surface area contributed by atoms with E-state index in [1.165, 1.54) is 5.56 Å². The van der Waals surface area contributed by atoms with Crippen LogP contribution >= 0.6 is 11.3 Å². The van der Waals surface area contributed by atoms with Crippen LogP contribution in [0, 0.1) is 0 Å². The third kappa shape index (κ3) is 2.77. The molecule has 0 spiro atoms. The van der Waals surface area contributed by atoms with Crippen molar-refractivity contribution < 1.29 is 0 Å². The van der Waals surface area contributed by atoms with Crippen LogP contribution in [-0.4, -0.2) is 19.1 Å². The van der Waals surface area contributed by atoms with Gasteiger partial charge in [0.05, 0.1) is 17.6 Å². The summed E-state index contributed by atoms with van der Waals surface area (Å²) in [5, 5.41) is 7.77. The van der Waals surface area contributed by atoms with Crippen LogP contribution in [0.1, 0.15) is 18.5 Å². The summed E-state index contributed by atoms with van der Waals surface area (Å²) in [5.41, 5.74) is 3.53. The molecule has 17 heavy (non-hydrogen) atoms. The number of aromatic nitrogens is 1. The second-order valence-corrected chi connectivity index (χ2v) is 4.99. The Morgan fingerprint density at radius 2 is 2.18 bits per heavy atom. The number of rotatable bonds is 4. The SMILES string of the molecule is CC(Nc1cnccc1N(C)C)c1ccsc1. The second-order valence-electron chi connectivity index (χ2n) is 4.21. The molecule has 2 aromatic heterocycles. The summed E-state index contributed by atoms with van der Waals surface area (Å²) in [6.45, 7) is 2.16. The highest BCUT2D eigenvalue weighted by atomic mass is 32.1. The average Bonchev–Trinajstić information content (AvgIpc) is 2.83. The quantitative estimate of drug-likeness (QED) is 0.897. The Kier molecular flexibility index (Phi) is 3.64. The minimum Gasteiger partial charge on any atom is -0.376 e. The molecule has 0 aliphatic heterocycles. The maximum atomic E-state index is 4.18. The van der Waals surface area contributed by atoms with Gasteiger partial charge in [0.2, 0.25) is 0 Å². The van der Waals surface area contributed by atoms with Crippen LogP contribution in [0.25, 0.3) is 0 Å². The van der Waals surface area contributed by atoms with E-state index in [-0.39, 0.29) is 0 Å². The highest BCUT2D eigenvalue weighted by molar-refractivity contribution is 7.07. The van der Waals surface area contributed by atoms with Gasteiger partial charge in [0.25, 0.3) is 0 Å². The van der Waals surface area contributed by atoms with Crippen molar-refractivity contribution in [1.82, 2.24) is 4.98 Å². The molecule has 2 heterocycles. The molecule has 2 aromatic rings. The number of hydrogen-bond acceptors (Lipinski definition) is 4. The molecule has 1 N–H and O–H groups in total. The number of anilines is 2. The van der Waals surface area contributed by atoms with Crippen molar-refractivity contribution in [2.24, 2.45) is 0 Å². The van der Waals surface area contributed by atoms with Gasteiger partial charge in [-0.2, -0.15) is 11.3 Å². The van der Waals surface area contributed by atoms with Crippen molar-refractivity contribution in [3.63, 3.8) is 0 Å². The van der Waals surface area contributed by atoms with Crippen molar-refractivity contribution in [3.8, 4) is 0 Å². The van der Waals surface area contributed by atoms with Crippen LogP contribution in [0.2, 0.25) is 0 Å². The first kappa shape index (κ1) is 11.9. The number of nitrogens with one attached hydrogen (secondary N) is 1. The Morgan fingerprint density at radius 3 is 2.82 bits per heavy atom. The lowest BCUT2D eigenvalue weighted by molar-refractivity contribution is 0.886. The molecule has 0 bridgehead atoms. The van der Waals surface area contributed by atoms with Gasteiger partial charge in [-0.15, -0.1) is 0 Å². The fourth-order valence-electron chi connectivity index (χ4n) is 1.73. The van der Waals surface area contributed by atoms with Crippen LogP contribution < -0.4 is 10.2 Å². The highest BCUT2D eigenvalue weighted by Gasteiger charge is 2.09. The molecular weight excluding hydrogens is 230 g/mol. The van der Waals surface area contributed by atoms with Gasteiger partial charge in [0.1, 0.15) is 0 Å². The van der Waals surface area contributed by atoms with Gasteiger partial charge < -0.3 is 10.2 Å². The maximum Gasteiger partial charge on any atom is 0.0768 e. The van der Waals surface area contributed by atoms with Gasteiger partial charge in [0, 0.05) is 26.3 Å². The molecule has 2 rings (SSSR count). The first-order valence-corrected chi connectivity index (χ1v) is 6.52. The second kappa shape index (κ2) is 5.19. The number of pyridine rings is 1. The molecule has 0 radical (unpaired) electrons. The number of thiophene rings is 1. The van der Waals surface area contributed by atoms with E-state index in [2.05, 4.69) is 39.0 Å². The minimum atomic E-state index is 0.296. The monoisotopic (exact) mass is 247 g/mol. The van der Waals surface area contributed by atoms with Crippen LogP contribution in [-0.2, 0) is 0 Å². The summed E-state index contributed by atoms with van der Waals surface area (Å²) in [4.78, 5) is 6.26. The third-order valence-corrected chi connectivity index (χ3v) is 3.40. The molecule has 0 aromatic carbocycles. The summed E-state index contributed by atoms with van der Waals surface area (Å²) >= 11 is 1.72. The predicted molar refractivity (Wildman–Crippen MR) is 74.9 cm³/mol. The summed E-state index contributed by atoms with van der Waals surface area (Å²) in [6.07, 6.45) is 3.69. The zero-order chi connectivity index (χ0) is 12.3. The van der Waals surface area contributed by atoms with Crippen molar-refractivity contribution in [2.75, 3.05) is 24.3 Å². The lowest BCUT2D eigenvalue weighted by Crippen LogP contribution is -2.14. The fourth-order valence-corrected chi connectivity index (χ4v) is 2.48. The molecule has 1 atom stereocenters. The normalized spacial score (nSPS) is 12.2. The summed E-state index contributed by atoms with van der Waals surface area (Å²) in [5.74, 6) is 0. The predicted octanol–water partition coefficient (Wildman–Crippen LogP) is 3.38. The molecule has 0 fully saturated rings. The molecule has 0 aliphatic carbocycles. The van der Waals surface area contributed by atoms with Gasteiger partial charge in [0.15, 0.2) is 0 Å². The van der Waals surface area contributed by atoms with Gasteiger partial charge >= 0.3 is 0 Å². The van der Waals surface area contributed by atoms with Crippen molar-refractivity contribution in [1.29, 1.82) is 0 Å². The lowest BCUT2D eigenvalue weighted by Gasteiger charge is -2.21. The van der Waals surface area contributed by atoms with Crippen LogP contribution in [0.3, 0.4) is 0 Å². The Bertz CT molecular complexity index is 465. The first-order valence-electron chi connectivity index (χ1n) is 5.58. The summed E-state index contributed by atoms with van der Waals surface area (Å²) in [7, 11) is 4.07. The van der Waals surface area contributed by atoms with E-state index in [0.717, 1.165) is 11.4 Å².